The summed E-state index contributed by atoms with van der Waals surface area (Å²) in [4.78, 5) is 6.05. The van der Waals surface area contributed by atoms with Crippen LogP contribution in [-0.4, -0.2) is 39.9 Å². The molecule has 0 radical (unpaired) electrons. The Morgan fingerprint density at radius 1 is 1.32 bits per heavy atom. The molecule has 0 spiro atoms. The van der Waals surface area contributed by atoms with Crippen LogP contribution in [0.25, 0.3) is 0 Å². The van der Waals surface area contributed by atoms with Crippen molar-refractivity contribution in [3.05, 3.63) is 27.6 Å². The highest BCUT2D eigenvalue weighted by molar-refractivity contribution is 14.1. The van der Waals surface area contributed by atoms with E-state index in [-0.39, 0.29) is 25.9 Å². The van der Waals surface area contributed by atoms with Crippen molar-refractivity contribution in [1.29, 1.82) is 0 Å². The summed E-state index contributed by atoms with van der Waals surface area (Å²) in [5.41, 5.74) is -1.55. The summed E-state index contributed by atoms with van der Waals surface area (Å²) in [5, 5.41) is 9.56. The van der Waals surface area contributed by atoms with Gasteiger partial charge in [-0.15, -0.1) is 0 Å². The van der Waals surface area contributed by atoms with Gasteiger partial charge < -0.3 is 5.11 Å². The van der Waals surface area contributed by atoms with Crippen LogP contribution in [-0.2, 0) is 6.54 Å². The number of piperidine rings is 1. The van der Waals surface area contributed by atoms with E-state index in [2.05, 4.69) is 27.6 Å². The lowest BCUT2D eigenvalue weighted by Gasteiger charge is -2.39. The molecule has 0 saturated carbocycles. The molecule has 1 aromatic heterocycles. The third-order valence-electron chi connectivity index (χ3n) is 3.41. The van der Waals surface area contributed by atoms with E-state index in [9.17, 15) is 18.3 Å². The Morgan fingerprint density at radius 3 is 2.42 bits per heavy atom. The minimum absolute atomic E-state index is 0.238. The highest BCUT2D eigenvalue weighted by Crippen LogP contribution is 2.38. The van der Waals surface area contributed by atoms with Gasteiger partial charge in [0.2, 0.25) is 0 Å². The molecule has 1 aliphatic rings. The minimum Gasteiger partial charge on any atom is -0.380 e. The Morgan fingerprint density at radius 2 is 1.95 bits per heavy atom. The van der Waals surface area contributed by atoms with Crippen molar-refractivity contribution in [2.75, 3.05) is 13.1 Å². The van der Waals surface area contributed by atoms with Crippen LogP contribution >= 0.6 is 22.6 Å². The first-order valence-corrected chi connectivity index (χ1v) is 7.00. The molecule has 1 N–H and O–H groups in total. The molecule has 0 atom stereocenters. The third-order valence-corrected chi connectivity index (χ3v) is 4.04. The Kier molecular flexibility index (Phi) is 4.36. The van der Waals surface area contributed by atoms with Crippen LogP contribution in [0.1, 0.15) is 18.4 Å². The predicted molar refractivity (Wildman–Crippen MR) is 72.5 cm³/mol. The lowest BCUT2D eigenvalue weighted by Crippen LogP contribution is -2.53. The molecule has 1 saturated heterocycles. The van der Waals surface area contributed by atoms with Crippen molar-refractivity contribution in [2.24, 2.45) is 0 Å². The van der Waals surface area contributed by atoms with E-state index in [4.69, 9.17) is 0 Å². The van der Waals surface area contributed by atoms with Crippen LogP contribution in [0.4, 0.5) is 13.2 Å². The Bertz CT molecular complexity index is 428. The molecule has 0 amide bonds. The summed E-state index contributed by atoms with van der Waals surface area (Å²) in [5.74, 6) is 0. The molecular formula is C12H14F3IN2O. The van der Waals surface area contributed by atoms with E-state index in [0.29, 0.717) is 6.54 Å². The van der Waals surface area contributed by atoms with E-state index in [1.807, 2.05) is 17.0 Å². The maximum atomic E-state index is 12.6. The van der Waals surface area contributed by atoms with Gasteiger partial charge >= 0.3 is 6.18 Å². The fraction of sp³-hybridized carbons (Fsp3) is 0.583. The van der Waals surface area contributed by atoms with Crippen molar-refractivity contribution in [2.45, 2.75) is 31.2 Å². The molecule has 0 aliphatic carbocycles. The van der Waals surface area contributed by atoms with Crippen molar-refractivity contribution in [3.8, 4) is 0 Å². The van der Waals surface area contributed by atoms with E-state index in [1.165, 1.54) is 0 Å². The van der Waals surface area contributed by atoms with Crippen molar-refractivity contribution >= 4 is 22.6 Å². The van der Waals surface area contributed by atoms with Crippen molar-refractivity contribution in [1.82, 2.24) is 9.88 Å². The molecule has 106 valence electrons. The molecule has 0 bridgehead atoms. The van der Waals surface area contributed by atoms with Gasteiger partial charge in [-0.05, 0) is 47.1 Å². The topological polar surface area (TPSA) is 36.4 Å². The Labute approximate surface area is 123 Å². The van der Waals surface area contributed by atoms with Gasteiger partial charge in [0.05, 0.1) is 0 Å². The summed E-state index contributed by atoms with van der Waals surface area (Å²) in [7, 11) is 0. The fourth-order valence-corrected chi connectivity index (χ4v) is 2.44. The van der Waals surface area contributed by atoms with Gasteiger partial charge in [0.15, 0.2) is 5.60 Å². The van der Waals surface area contributed by atoms with Gasteiger partial charge in [0, 0.05) is 25.8 Å². The number of pyridine rings is 1. The quantitative estimate of drug-likeness (QED) is 0.627. The summed E-state index contributed by atoms with van der Waals surface area (Å²) in [6.07, 6.45) is -3.35. The van der Waals surface area contributed by atoms with Crippen LogP contribution in [0.2, 0.25) is 0 Å². The summed E-state index contributed by atoms with van der Waals surface area (Å²) in [6.45, 7) is 1.04. The lowest BCUT2D eigenvalue weighted by atomic mass is 9.90. The van der Waals surface area contributed by atoms with Crippen LogP contribution in [0.5, 0.6) is 0 Å². The van der Waals surface area contributed by atoms with Gasteiger partial charge in [0.25, 0.3) is 0 Å². The van der Waals surface area contributed by atoms with Gasteiger partial charge in [-0.2, -0.15) is 13.2 Å². The number of hydrogen-bond donors (Lipinski definition) is 1. The van der Waals surface area contributed by atoms with Gasteiger partial charge in [-0.3, -0.25) is 9.88 Å². The number of aliphatic hydroxyl groups is 1. The standard InChI is InChI=1S/C12H14F3IN2O/c13-12(14,15)11(19)3-5-18(6-4-11)8-9-1-2-10(16)17-7-9/h1-2,7,19H,3-6,8H2. The molecule has 1 aromatic rings. The summed E-state index contributed by atoms with van der Waals surface area (Å²) < 4.78 is 38.8. The first kappa shape index (κ1) is 15.0. The van der Waals surface area contributed by atoms with Crippen LogP contribution in [0, 0.1) is 3.70 Å². The summed E-state index contributed by atoms with van der Waals surface area (Å²) >= 11 is 2.10. The van der Waals surface area contributed by atoms with E-state index >= 15 is 0 Å². The first-order chi connectivity index (χ1) is 8.80. The van der Waals surface area contributed by atoms with Gasteiger partial charge in [-0.25, -0.2) is 0 Å². The second-order valence-electron chi connectivity index (χ2n) is 4.79. The zero-order valence-corrected chi connectivity index (χ0v) is 12.3. The first-order valence-electron chi connectivity index (χ1n) is 5.92. The third kappa shape index (κ3) is 3.57. The highest BCUT2D eigenvalue weighted by atomic mass is 127. The highest BCUT2D eigenvalue weighted by Gasteiger charge is 2.54. The molecule has 1 aliphatic heterocycles. The van der Waals surface area contributed by atoms with Crippen LogP contribution in [0.3, 0.4) is 0 Å². The average molecular weight is 386 g/mol. The minimum atomic E-state index is -4.54. The molecule has 2 heterocycles. The average Bonchev–Trinajstić information content (AvgIpc) is 2.34. The maximum absolute atomic E-state index is 12.6. The lowest BCUT2D eigenvalue weighted by molar-refractivity contribution is -0.272. The zero-order valence-electron chi connectivity index (χ0n) is 10.1. The predicted octanol–water partition coefficient (Wildman–Crippen LogP) is 2.58. The molecule has 0 aromatic carbocycles. The van der Waals surface area contributed by atoms with E-state index < -0.39 is 11.8 Å². The molecule has 19 heavy (non-hydrogen) atoms. The second kappa shape index (κ2) is 5.53. The van der Waals surface area contributed by atoms with E-state index in [1.54, 1.807) is 6.20 Å². The van der Waals surface area contributed by atoms with Crippen LogP contribution < -0.4 is 0 Å². The molecule has 3 nitrogen and oxygen atoms in total. The number of aromatic nitrogens is 1. The summed E-state index contributed by atoms with van der Waals surface area (Å²) in [6, 6.07) is 3.78. The fourth-order valence-electron chi connectivity index (χ4n) is 2.12. The number of hydrogen-bond acceptors (Lipinski definition) is 3. The largest absolute Gasteiger partial charge is 0.417 e. The number of halogens is 4. The monoisotopic (exact) mass is 386 g/mol. The maximum Gasteiger partial charge on any atom is 0.417 e. The second-order valence-corrected chi connectivity index (χ2v) is 5.90. The molecule has 7 heteroatoms. The Balaban J connectivity index is 1.92. The number of nitrogens with zero attached hydrogens (tertiary/aromatic N) is 2. The zero-order chi connectivity index (χ0) is 14.1. The number of rotatable bonds is 2. The van der Waals surface area contributed by atoms with Gasteiger partial charge in [-0.1, -0.05) is 6.07 Å². The molecule has 2 rings (SSSR count). The molecular weight excluding hydrogens is 372 g/mol. The van der Waals surface area contributed by atoms with Crippen molar-refractivity contribution < 1.29 is 18.3 Å². The number of alkyl halides is 3. The molecule has 0 unspecified atom stereocenters. The van der Waals surface area contributed by atoms with Gasteiger partial charge in [0.1, 0.15) is 3.70 Å². The van der Waals surface area contributed by atoms with Crippen molar-refractivity contribution in [3.63, 3.8) is 0 Å². The SMILES string of the molecule is OC1(C(F)(F)F)CCN(Cc2ccc(I)nc2)CC1. The Hall–Kier alpha value is -0.410. The van der Waals surface area contributed by atoms with E-state index in [0.717, 1.165) is 9.26 Å². The van der Waals surface area contributed by atoms with Crippen LogP contribution in [0.15, 0.2) is 18.3 Å². The number of likely N-dealkylation sites (tertiary alicyclic amines) is 1. The molecule has 1 fully saturated rings. The smallest absolute Gasteiger partial charge is 0.380 e. The normalized spacial score (nSPS) is 20.5.